The molecule has 0 aromatic heterocycles. The predicted octanol–water partition coefficient (Wildman–Crippen LogP) is 3.54. The molecule has 8 heteroatoms. The lowest BCUT2D eigenvalue weighted by atomic mass is 10.2. The van der Waals surface area contributed by atoms with Crippen LogP contribution in [-0.4, -0.2) is 34.6 Å². The molecule has 1 amide bonds. The maximum Gasteiger partial charge on any atom is 0.262 e. The zero-order chi connectivity index (χ0) is 23.0. The van der Waals surface area contributed by atoms with Gasteiger partial charge >= 0.3 is 0 Å². The third-order valence-corrected chi connectivity index (χ3v) is 6.15. The highest BCUT2D eigenvalue weighted by Gasteiger charge is 2.14. The Kier molecular flexibility index (Phi) is 7.86. The Morgan fingerprint density at radius 3 is 2.34 bits per heavy atom. The van der Waals surface area contributed by atoms with Crippen LogP contribution in [0.4, 0.5) is 5.69 Å². The topological polar surface area (TPSA) is 93.7 Å². The van der Waals surface area contributed by atoms with Gasteiger partial charge in [0.1, 0.15) is 0 Å². The molecule has 2 N–H and O–H groups in total. The second-order valence-corrected chi connectivity index (χ2v) is 8.92. The van der Waals surface area contributed by atoms with Gasteiger partial charge in [0.05, 0.1) is 12.0 Å². The summed E-state index contributed by atoms with van der Waals surface area (Å²) in [6, 6.07) is 21.0. The third kappa shape index (κ3) is 6.57. The van der Waals surface area contributed by atoms with Gasteiger partial charge in [0, 0.05) is 12.2 Å². The van der Waals surface area contributed by atoms with Gasteiger partial charge in [-0.1, -0.05) is 36.4 Å². The second-order valence-electron chi connectivity index (χ2n) is 7.15. The number of amides is 1. The van der Waals surface area contributed by atoms with E-state index in [0.717, 1.165) is 11.1 Å². The van der Waals surface area contributed by atoms with E-state index < -0.39 is 10.0 Å². The van der Waals surface area contributed by atoms with E-state index >= 15 is 0 Å². The first-order valence-electron chi connectivity index (χ1n) is 10.1. The summed E-state index contributed by atoms with van der Waals surface area (Å²) in [5.74, 6) is 0.646. The Morgan fingerprint density at radius 2 is 1.66 bits per heavy atom. The quantitative estimate of drug-likeness (QED) is 0.489. The minimum absolute atomic E-state index is 0.129. The summed E-state index contributed by atoms with van der Waals surface area (Å²) in [5, 5.41) is 2.68. The molecule has 0 atom stereocenters. The van der Waals surface area contributed by atoms with Crippen molar-refractivity contribution in [2.24, 2.45) is 0 Å². The van der Waals surface area contributed by atoms with Gasteiger partial charge in [-0.25, -0.2) is 13.1 Å². The van der Waals surface area contributed by atoms with Gasteiger partial charge in [-0.15, -0.1) is 0 Å². The minimum atomic E-state index is -3.63. The number of carbonyl (C=O) groups excluding carboxylic acids is 1. The van der Waals surface area contributed by atoms with Crippen LogP contribution in [0.5, 0.6) is 11.5 Å². The number of nitrogens with one attached hydrogen (secondary N) is 2. The first-order chi connectivity index (χ1) is 15.4. The van der Waals surface area contributed by atoms with Crippen LogP contribution in [0.15, 0.2) is 77.7 Å². The zero-order valence-electron chi connectivity index (χ0n) is 18.0. The molecule has 7 nitrogen and oxygen atoms in total. The van der Waals surface area contributed by atoms with Crippen LogP contribution in [0.25, 0.3) is 0 Å². The third-order valence-electron chi connectivity index (χ3n) is 4.67. The molecule has 0 unspecified atom stereocenters. The van der Waals surface area contributed by atoms with E-state index in [2.05, 4.69) is 10.0 Å². The zero-order valence-corrected chi connectivity index (χ0v) is 18.8. The van der Waals surface area contributed by atoms with Crippen molar-refractivity contribution in [3.63, 3.8) is 0 Å². The Bertz CT molecular complexity index is 1150. The second kappa shape index (κ2) is 10.8. The van der Waals surface area contributed by atoms with Crippen molar-refractivity contribution in [1.29, 1.82) is 0 Å². The highest BCUT2D eigenvalue weighted by Crippen LogP contribution is 2.27. The van der Waals surface area contributed by atoms with Gasteiger partial charge in [-0.05, 0) is 60.9 Å². The van der Waals surface area contributed by atoms with E-state index in [4.69, 9.17) is 9.47 Å². The molecule has 3 aromatic carbocycles. The van der Waals surface area contributed by atoms with Crippen LogP contribution in [0, 0.1) is 6.92 Å². The number of aryl methyl sites for hydroxylation is 1. The average molecular weight is 455 g/mol. The van der Waals surface area contributed by atoms with Crippen molar-refractivity contribution in [3.8, 4) is 11.5 Å². The van der Waals surface area contributed by atoms with E-state index in [1.54, 1.807) is 6.07 Å². The first-order valence-corrected chi connectivity index (χ1v) is 11.6. The van der Waals surface area contributed by atoms with Gasteiger partial charge < -0.3 is 14.8 Å². The maximum absolute atomic E-state index is 12.5. The fourth-order valence-electron chi connectivity index (χ4n) is 3.01. The number of hydrogen-bond acceptors (Lipinski definition) is 5. The normalized spacial score (nSPS) is 11.1. The largest absolute Gasteiger partial charge is 0.493 e. The monoisotopic (exact) mass is 454 g/mol. The summed E-state index contributed by atoms with van der Waals surface area (Å²) < 4.78 is 38.3. The summed E-state index contributed by atoms with van der Waals surface area (Å²) in [6.07, 6.45) is 0.597. The lowest BCUT2D eigenvalue weighted by molar-refractivity contribution is -0.118. The average Bonchev–Trinajstić information content (AvgIpc) is 2.79. The molecule has 0 saturated heterocycles. The number of rotatable bonds is 10. The number of benzene rings is 3. The van der Waals surface area contributed by atoms with E-state index in [9.17, 15) is 13.2 Å². The van der Waals surface area contributed by atoms with Crippen molar-refractivity contribution < 1.29 is 22.7 Å². The predicted molar refractivity (Wildman–Crippen MR) is 124 cm³/mol. The van der Waals surface area contributed by atoms with Crippen molar-refractivity contribution in [3.05, 3.63) is 83.9 Å². The Balaban J connectivity index is 1.51. The number of carbonyl (C=O) groups is 1. The Hall–Kier alpha value is -3.36. The standard InChI is InChI=1S/C24H26N2O5S/c1-18-8-13-22(23(16-18)30-2)31-17-24(27)26-20-9-11-21(12-10-20)32(28,29)25-15-14-19-6-4-3-5-7-19/h3-13,16,25H,14-15,17H2,1-2H3,(H,26,27). The van der Waals surface area contributed by atoms with Crippen LogP contribution in [-0.2, 0) is 21.2 Å². The van der Waals surface area contributed by atoms with Crippen molar-refractivity contribution in [2.75, 3.05) is 25.6 Å². The molecule has 0 spiro atoms. The maximum atomic E-state index is 12.5. The van der Waals surface area contributed by atoms with Gasteiger partial charge in [0.2, 0.25) is 10.0 Å². The van der Waals surface area contributed by atoms with Gasteiger partial charge in [0.25, 0.3) is 5.91 Å². The van der Waals surface area contributed by atoms with Crippen LogP contribution in [0.3, 0.4) is 0 Å². The smallest absolute Gasteiger partial charge is 0.262 e. The number of hydrogen-bond donors (Lipinski definition) is 2. The molecule has 3 rings (SSSR count). The molecule has 0 aliphatic heterocycles. The van der Waals surface area contributed by atoms with Crippen LogP contribution in [0.1, 0.15) is 11.1 Å². The lowest BCUT2D eigenvalue weighted by Crippen LogP contribution is -2.26. The number of methoxy groups -OCH3 is 1. The Labute approximate surface area is 188 Å². The highest BCUT2D eigenvalue weighted by atomic mass is 32.2. The van der Waals surface area contributed by atoms with Crippen molar-refractivity contribution in [1.82, 2.24) is 4.72 Å². The van der Waals surface area contributed by atoms with Gasteiger partial charge in [-0.2, -0.15) is 0 Å². The summed E-state index contributed by atoms with van der Waals surface area (Å²) >= 11 is 0. The molecule has 0 saturated carbocycles. The van der Waals surface area contributed by atoms with Crippen LogP contribution in [0.2, 0.25) is 0 Å². The fraction of sp³-hybridized carbons (Fsp3) is 0.208. The molecule has 0 aliphatic carbocycles. The molecule has 0 aliphatic rings. The number of ether oxygens (including phenoxy) is 2. The molecular weight excluding hydrogens is 428 g/mol. The highest BCUT2D eigenvalue weighted by molar-refractivity contribution is 7.89. The van der Waals surface area contributed by atoms with Crippen molar-refractivity contribution in [2.45, 2.75) is 18.2 Å². The summed E-state index contributed by atoms with van der Waals surface area (Å²) in [4.78, 5) is 12.3. The minimum Gasteiger partial charge on any atom is -0.493 e. The van der Waals surface area contributed by atoms with E-state index in [1.807, 2.05) is 49.4 Å². The first kappa shape index (κ1) is 23.3. The fourth-order valence-corrected chi connectivity index (χ4v) is 4.04. The molecule has 0 radical (unpaired) electrons. The number of anilines is 1. The molecule has 168 valence electrons. The van der Waals surface area contributed by atoms with E-state index in [-0.39, 0.29) is 17.4 Å². The van der Waals surface area contributed by atoms with Gasteiger partial charge in [-0.3, -0.25) is 4.79 Å². The van der Waals surface area contributed by atoms with Crippen LogP contribution >= 0.6 is 0 Å². The number of sulfonamides is 1. The summed E-state index contributed by atoms with van der Waals surface area (Å²) in [7, 11) is -2.10. The molecule has 0 fully saturated rings. The molecule has 0 bridgehead atoms. The SMILES string of the molecule is COc1cc(C)ccc1OCC(=O)Nc1ccc(S(=O)(=O)NCCc2ccccc2)cc1. The summed E-state index contributed by atoms with van der Waals surface area (Å²) in [6.45, 7) is 2.02. The molecular formula is C24H26N2O5S. The van der Waals surface area contributed by atoms with Crippen LogP contribution < -0.4 is 19.5 Å². The molecule has 3 aromatic rings. The summed E-state index contributed by atoms with van der Waals surface area (Å²) in [5.41, 5.74) is 2.54. The van der Waals surface area contributed by atoms with Crippen molar-refractivity contribution >= 4 is 21.6 Å². The van der Waals surface area contributed by atoms with E-state index in [1.165, 1.54) is 31.4 Å². The lowest BCUT2D eigenvalue weighted by Gasteiger charge is -2.12. The van der Waals surface area contributed by atoms with Gasteiger partial charge in [0.15, 0.2) is 18.1 Å². The molecule has 0 heterocycles. The van der Waals surface area contributed by atoms with E-state index in [0.29, 0.717) is 30.2 Å². The molecule has 32 heavy (non-hydrogen) atoms. The Morgan fingerprint density at radius 1 is 0.938 bits per heavy atom.